The van der Waals surface area contributed by atoms with Crippen LogP contribution in [0.5, 0.6) is 11.5 Å². The van der Waals surface area contributed by atoms with E-state index in [0.29, 0.717) is 43.4 Å². The topological polar surface area (TPSA) is 103 Å². The number of rotatable bonds is 6. The summed E-state index contributed by atoms with van der Waals surface area (Å²) in [5.74, 6) is 0.804. The third kappa shape index (κ3) is 5.83. The first-order chi connectivity index (χ1) is 14.3. The molecule has 1 heterocycles. The lowest BCUT2D eigenvalue weighted by atomic mass is 10.2. The van der Waals surface area contributed by atoms with Crippen LogP contribution >= 0.6 is 0 Å². The largest absolute Gasteiger partial charge is 0.457 e. The van der Waals surface area contributed by atoms with Crippen LogP contribution in [0.3, 0.4) is 0 Å². The molecule has 0 atom stereocenters. The summed E-state index contributed by atoms with van der Waals surface area (Å²) in [7, 11) is -3.23. The Morgan fingerprint density at radius 1 is 1.03 bits per heavy atom. The molecule has 9 heteroatoms. The van der Waals surface area contributed by atoms with E-state index in [0.717, 1.165) is 0 Å². The zero-order valence-corrected chi connectivity index (χ0v) is 17.3. The van der Waals surface area contributed by atoms with Crippen molar-refractivity contribution in [3.8, 4) is 17.6 Å². The molecule has 0 spiro atoms. The molecule has 0 unspecified atom stereocenters. The van der Waals surface area contributed by atoms with Crippen LogP contribution in [-0.4, -0.2) is 56.0 Å². The van der Waals surface area contributed by atoms with Gasteiger partial charge in [-0.05, 0) is 36.4 Å². The predicted molar refractivity (Wildman–Crippen MR) is 113 cm³/mol. The zero-order chi connectivity index (χ0) is 21.6. The molecule has 0 radical (unpaired) electrons. The number of amides is 1. The number of hydrogen-bond acceptors (Lipinski definition) is 6. The Kier molecular flexibility index (Phi) is 6.72. The highest BCUT2D eigenvalue weighted by Crippen LogP contribution is 2.22. The first-order valence-corrected chi connectivity index (χ1v) is 11.2. The summed E-state index contributed by atoms with van der Waals surface area (Å²) >= 11 is 0. The molecule has 2 aromatic carbocycles. The number of sulfonamides is 1. The van der Waals surface area contributed by atoms with Gasteiger partial charge in [0.15, 0.2) is 0 Å². The maximum absolute atomic E-state index is 12.5. The van der Waals surface area contributed by atoms with Crippen molar-refractivity contribution in [1.82, 2.24) is 9.21 Å². The van der Waals surface area contributed by atoms with Gasteiger partial charge in [-0.1, -0.05) is 18.2 Å². The van der Waals surface area contributed by atoms with E-state index in [2.05, 4.69) is 5.32 Å². The van der Waals surface area contributed by atoms with Gasteiger partial charge >= 0.3 is 0 Å². The molecular weight excluding hydrogens is 404 g/mol. The maximum Gasteiger partial charge on any atom is 0.267 e. The van der Waals surface area contributed by atoms with Crippen molar-refractivity contribution >= 4 is 21.6 Å². The van der Waals surface area contributed by atoms with Gasteiger partial charge in [0, 0.05) is 38.1 Å². The van der Waals surface area contributed by atoms with Gasteiger partial charge < -0.3 is 15.0 Å². The highest BCUT2D eigenvalue weighted by molar-refractivity contribution is 7.88. The SMILES string of the molecule is CS(=O)(=O)N1CCN(/C=C(/C#N)C(=O)Nc2ccc(Oc3ccccc3)cc2)CC1. The Morgan fingerprint density at radius 3 is 2.20 bits per heavy atom. The number of carbonyl (C=O) groups is 1. The lowest BCUT2D eigenvalue weighted by Crippen LogP contribution is -2.46. The standard InChI is InChI=1S/C21H22N4O4S/c1-30(27,28)25-13-11-24(12-14-25)16-17(15-22)21(26)23-18-7-9-20(10-8-18)29-19-5-3-2-4-6-19/h2-10,16H,11-14H2,1H3,(H,23,26)/b17-16-. The molecule has 1 saturated heterocycles. The van der Waals surface area contributed by atoms with Crippen LogP contribution in [0.2, 0.25) is 0 Å². The van der Waals surface area contributed by atoms with E-state index in [1.54, 1.807) is 29.2 Å². The van der Waals surface area contributed by atoms with E-state index < -0.39 is 15.9 Å². The summed E-state index contributed by atoms with van der Waals surface area (Å²) in [6, 6.07) is 18.1. The van der Waals surface area contributed by atoms with Gasteiger partial charge in [0.25, 0.3) is 5.91 Å². The molecule has 0 bridgehead atoms. The number of benzene rings is 2. The minimum atomic E-state index is -3.23. The van der Waals surface area contributed by atoms with Crippen LogP contribution in [0.4, 0.5) is 5.69 Å². The number of para-hydroxylation sites is 1. The second-order valence-electron chi connectivity index (χ2n) is 6.75. The number of anilines is 1. The van der Waals surface area contributed by atoms with E-state index in [1.807, 2.05) is 36.4 Å². The molecule has 0 saturated carbocycles. The fourth-order valence-corrected chi connectivity index (χ4v) is 3.74. The summed E-state index contributed by atoms with van der Waals surface area (Å²) in [6.45, 7) is 1.46. The van der Waals surface area contributed by atoms with Gasteiger partial charge in [0.2, 0.25) is 10.0 Å². The summed E-state index contributed by atoms with van der Waals surface area (Å²) in [4.78, 5) is 14.2. The Bertz CT molecular complexity index is 1050. The molecule has 1 aliphatic rings. The highest BCUT2D eigenvalue weighted by atomic mass is 32.2. The number of piperazine rings is 1. The predicted octanol–water partition coefficient (Wildman–Crippen LogP) is 2.40. The van der Waals surface area contributed by atoms with E-state index in [1.165, 1.54) is 16.8 Å². The zero-order valence-electron chi connectivity index (χ0n) is 16.5. The monoisotopic (exact) mass is 426 g/mol. The molecule has 1 N–H and O–H groups in total. The van der Waals surface area contributed by atoms with Crippen molar-refractivity contribution < 1.29 is 17.9 Å². The van der Waals surface area contributed by atoms with Crippen molar-refractivity contribution in [3.05, 3.63) is 66.4 Å². The second kappa shape index (κ2) is 9.43. The number of carbonyl (C=O) groups excluding carboxylic acids is 1. The summed E-state index contributed by atoms with van der Waals surface area (Å²) in [5, 5.41) is 12.1. The summed E-state index contributed by atoms with van der Waals surface area (Å²) in [6.07, 6.45) is 2.64. The number of nitriles is 1. The van der Waals surface area contributed by atoms with E-state index >= 15 is 0 Å². The smallest absolute Gasteiger partial charge is 0.267 e. The second-order valence-corrected chi connectivity index (χ2v) is 8.73. The van der Waals surface area contributed by atoms with Crippen LogP contribution < -0.4 is 10.1 Å². The molecule has 1 amide bonds. The molecule has 0 aromatic heterocycles. The van der Waals surface area contributed by atoms with Crippen molar-refractivity contribution in [2.45, 2.75) is 0 Å². The van der Waals surface area contributed by atoms with Crippen LogP contribution in [0.15, 0.2) is 66.4 Å². The average Bonchev–Trinajstić information content (AvgIpc) is 2.74. The van der Waals surface area contributed by atoms with Crippen molar-refractivity contribution in [3.63, 3.8) is 0 Å². The molecule has 30 heavy (non-hydrogen) atoms. The molecule has 8 nitrogen and oxygen atoms in total. The van der Waals surface area contributed by atoms with Crippen molar-refractivity contribution in [2.75, 3.05) is 37.8 Å². The van der Waals surface area contributed by atoms with E-state index in [-0.39, 0.29) is 5.57 Å². The first-order valence-electron chi connectivity index (χ1n) is 9.30. The van der Waals surface area contributed by atoms with Gasteiger partial charge in [-0.3, -0.25) is 4.79 Å². The van der Waals surface area contributed by atoms with E-state index in [4.69, 9.17) is 4.74 Å². The third-order valence-electron chi connectivity index (χ3n) is 4.51. The van der Waals surface area contributed by atoms with Crippen molar-refractivity contribution in [2.24, 2.45) is 0 Å². The Balaban J connectivity index is 1.59. The fourth-order valence-electron chi connectivity index (χ4n) is 2.91. The van der Waals surface area contributed by atoms with Crippen LogP contribution in [0.1, 0.15) is 0 Å². The summed E-state index contributed by atoms with van der Waals surface area (Å²) in [5.41, 5.74) is 0.482. The van der Waals surface area contributed by atoms with E-state index in [9.17, 15) is 18.5 Å². The Hall–Kier alpha value is -3.35. The number of nitrogens with one attached hydrogen (secondary N) is 1. The molecule has 156 valence electrons. The lowest BCUT2D eigenvalue weighted by molar-refractivity contribution is -0.112. The number of nitrogens with zero attached hydrogens (tertiary/aromatic N) is 3. The average molecular weight is 426 g/mol. The molecular formula is C21H22N4O4S. The minimum Gasteiger partial charge on any atom is -0.457 e. The van der Waals surface area contributed by atoms with Gasteiger partial charge in [-0.25, -0.2) is 8.42 Å². The lowest BCUT2D eigenvalue weighted by Gasteiger charge is -2.32. The molecule has 1 aliphatic heterocycles. The molecule has 0 aliphatic carbocycles. The third-order valence-corrected chi connectivity index (χ3v) is 5.81. The Labute approximate surface area is 176 Å². The van der Waals surface area contributed by atoms with Gasteiger partial charge in [-0.15, -0.1) is 0 Å². The highest BCUT2D eigenvalue weighted by Gasteiger charge is 2.23. The maximum atomic E-state index is 12.5. The molecule has 2 aromatic rings. The number of hydrogen-bond donors (Lipinski definition) is 1. The van der Waals surface area contributed by atoms with Gasteiger partial charge in [-0.2, -0.15) is 9.57 Å². The van der Waals surface area contributed by atoms with Gasteiger partial charge in [0.1, 0.15) is 23.1 Å². The van der Waals surface area contributed by atoms with Crippen LogP contribution in [0, 0.1) is 11.3 Å². The molecule has 1 fully saturated rings. The Morgan fingerprint density at radius 2 is 1.63 bits per heavy atom. The van der Waals surface area contributed by atoms with Gasteiger partial charge in [0.05, 0.1) is 6.26 Å². The fraction of sp³-hybridized carbons (Fsp3) is 0.238. The summed E-state index contributed by atoms with van der Waals surface area (Å²) < 4.78 is 30.2. The first kappa shape index (κ1) is 21.4. The quantitative estimate of drug-likeness (QED) is 0.562. The number of ether oxygens (including phenoxy) is 1. The van der Waals surface area contributed by atoms with Crippen LogP contribution in [-0.2, 0) is 14.8 Å². The van der Waals surface area contributed by atoms with Crippen molar-refractivity contribution in [1.29, 1.82) is 5.26 Å². The van der Waals surface area contributed by atoms with Crippen LogP contribution in [0.25, 0.3) is 0 Å². The minimum absolute atomic E-state index is 0.0487. The normalized spacial score (nSPS) is 15.3. The molecule has 3 rings (SSSR count).